The maximum Gasteiger partial charge on any atom is 0.345 e. The first-order valence-electron chi connectivity index (χ1n) is 8.19. The molecule has 0 fully saturated rings. The first kappa shape index (κ1) is 18.6. The summed E-state index contributed by atoms with van der Waals surface area (Å²) in [5.41, 5.74) is 9.17. The number of carbonyl (C=O) groups is 2. The third kappa shape index (κ3) is 4.72. The summed E-state index contributed by atoms with van der Waals surface area (Å²) in [4.78, 5) is 22.0. The minimum Gasteiger partial charge on any atom is -0.482 e. The van der Waals surface area contributed by atoms with Crippen molar-refractivity contribution in [1.29, 1.82) is 0 Å². The SMILES string of the molecule is NCc1ccc2c(c1)NC(=O)CO2.O=C(O)c1cc(-c2ccccc2)cs1. The Morgan fingerprint density at radius 1 is 1.15 bits per heavy atom. The van der Waals surface area contributed by atoms with Gasteiger partial charge in [-0.2, -0.15) is 0 Å². The average molecular weight is 382 g/mol. The predicted molar refractivity (Wildman–Crippen MR) is 105 cm³/mol. The van der Waals surface area contributed by atoms with Gasteiger partial charge in [-0.25, -0.2) is 4.79 Å². The topological polar surface area (TPSA) is 102 Å². The van der Waals surface area contributed by atoms with Crippen molar-refractivity contribution >= 4 is 28.9 Å². The molecule has 4 N–H and O–H groups in total. The first-order chi connectivity index (χ1) is 13.1. The fraction of sp³-hybridized carbons (Fsp3) is 0.100. The van der Waals surface area contributed by atoms with Crippen LogP contribution in [0, 0.1) is 0 Å². The van der Waals surface area contributed by atoms with Gasteiger partial charge in [-0.05, 0) is 40.3 Å². The zero-order valence-corrected chi connectivity index (χ0v) is 15.2. The molecule has 2 heterocycles. The summed E-state index contributed by atoms with van der Waals surface area (Å²) < 4.78 is 5.18. The third-order valence-corrected chi connectivity index (χ3v) is 4.75. The van der Waals surface area contributed by atoms with Gasteiger partial charge in [0.1, 0.15) is 10.6 Å². The highest BCUT2D eigenvalue weighted by molar-refractivity contribution is 7.12. The Bertz CT molecular complexity index is 954. The van der Waals surface area contributed by atoms with Crippen LogP contribution < -0.4 is 15.8 Å². The molecule has 0 aliphatic carbocycles. The van der Waals surface area contributed by atoms with E-state index in [4.69, 9.17) is 15.6 Å². The number of carboxylic acid groups (broad SMARTS) is 1. The number of nitrogens with one attached hydrogen (secondary N) is 1. The quantitative estimate of drug-likeness (QED) is 0.642. The van der Waals surface area contributed by atoms with Gasteiger partial charge in [-0.1, -0.05) is 36.4 Å². The van der Waals surface area contributed by atoms with Gasteiger partial charge in [0, 0.05) is 6.54 Å². The summed E-state index contributed by atoms with van der Waals surface area (Å²) in [5, 5.41) is 13.3. The molecule has 0 radical (unpaired) electrons. The first-order valence-corrected chi connectivity index (χ1v) is 9.07. The molecule has 0 unspecified atom stereocenters. The maximum absolute atomic E-state index is 11.0. The lowest BCUT2D eigenvalue weighted by Crippen LogP contribution is -2.25. The molecule has 27 heavy (non-hydrogen) atoms. The van der Waals surface area contributed by atoms with Crippen molar-refractivity contribution in [1.82, 2.24) is 0 Å². The summed E-state index contributed by atoms with van der Waals surface area (Å²) in [6.07, 6.45) is 0. The normalized spacial score (nSPS) is 12.1. The number of aromatic carboxylic acids is 1. The number of ether oxygens (including phenoxy) is 1. The van der Waals surface area contributed by atoms with Gasteiger partial charge in [0.15, 0.2) is 6.61 Å². The van der Waals surface area contributed by atoms with Crippen LogP contribution in [-0.2, 0) is 11.3 Å². The Balaban J connectivity index is 0.000000156. The lowest BCUT2D eigenvalue weighted by molar-refractivity contribution is -0.118. The molecule has 6 nitrogen and oxygen atoms in total. The van der Waals surface area contributed by atoms with Gasteiger partial charge in [-0.3, -0.25) is 4.79 Å². The van der Waals surface area contributed by atoms with Gasteiger partial charge in [0.05, 0.1) is 5.69 Å². The van der Waals surface area contributed by atoms with E-state index in [-0.39, 0.29) is 12.5 Å². The fourth-order valence-corrected chi connectivity index (χ4v) is 3.24. The van der Waals surface area contributed by atoms with E-state index in [9.17, 15) is 9.59 Å². The Hall–Kier alpha value is -3.16. The second-order valence-electron chi connectivity index (χ2n) is 5.74. The molecule has 2 aromatic carbocycles. The van der Waals surface area contributed by atoms with Gasteiger partial charge < -0.3 is 20.9 Å². The largest absolute Gasteiger partial charge is 0.482 e. The highest BCUT2D eigenvalue weighted by Gasteiger charge is 2.15. The Kier molecular flexibility index (Phi) is 5.85. The van der Waals surface area contributed by atoms with Gasteiger partial charge in [0.2, 0.25) is 0 Å². The van der Waals surface area contributed by atoms with Gasteiger partial charge in [-0.15, -0.1) is 11.3 Å². The van der Waals surface area contributed by atoms with Crippen molar-refractivity contribution in [2.75, 3.05) is 11.9 Å². The van der Waals surface area contributed by atoms with Gasteiger partial charge in [0.25, 0.3) is 5.91 Å². The third-order valence-electron chi connectivity index (χ3n) is 3.83. The summed E-state index contributed by atoms with van der Waals surface area (Å²) >= 11 is 1.25. The second-order valence-corrected chi connectivity index (χ2v) is 6.65. The van der Waals surface area contributed by atoms with E-state index >= 15 is 0 Å². The van der Waals surface area contributed by atoms with Crippen LogP contribution in [0.3, 0.4) is 0 Å². The summed E-state index contributed by atoms with van der Waals surface area (Å²) in [6, 6.07) is 17.0. The molecular weight excluding hydrogens is 364 g/mol. The van der Waals surface area contributed by atoms with E-state index in [1.807, 2.05) is 53.9 Å². The molecule has 138 valence electrons. The van der Waals surface area contributed by atoms with Crippen LogP contribution in [0.25, 0.3) is 11.1 Å². The fourth-order valence-electron chi connectivity index (χ4n) is 2.49. The zero-order valence-electron chi connectivity index (χ0n) is 14.3. The van der Waals surface area contributed by atoms with Crippen molar-refractivity contribution in [2.24, 2.45) is 5.73 Å². The number of thiophene rings is 1. The average Bonchev–Trinajstić information content (AvgIpc) is 3.19. The summed E-state index contributed by atoms with van der Waals surface area (Å²) in [5.74, 6) is -0.282. The summed E-state index contributed by atoms with van der Waals surface area (Å²) in [7, 11) is 0. The minimum absolute atomic E-state index is 0.0922. The van der Waals surface area contributed by atoms with E-state index in [1.54, 1.807) is 6.07 Å². The molecule has 0 bridgehead atoms. The number of carbonyl (C=O) groups excluding carboxylic acids is 1. The van der Waals surface area contributed by atoms with Crippen LogP contribution in [-0.4, -0.2) is 23.6 Å². The Morgan fingerprint density at radius 2 is 1.93 bits per heavy atom. The molecule has 3 aromatic rings. The minimum atomic E-state index is -0.864. The smallest absolute Gasteiger partial charge is 0.345 e. The number of benzene rings is 2. The molecular formula is C20H18N2O4S. The number of hydrogen-bond acceptors (Lipinski definition) is 5. The molecule has 1 amide bonds. The lowest BCUT2D eigenvalue weighted by atomic mass is 10.1. The maximum atomic E-state index is 11.0. The van der Waals surface area contributed by atoms with E-state index in [2.05, 4.69) is 5.32 Å². The number of rotatable bonds is 3. The number of hydrogen-bond donors (Lipinski definition) is 3. The lowest BCUT2D eigenvalue weighted by Gasteiger charge is -2.18. The number of fused-ring (bicyclic) bond motifs is 1. The van der Waals surface area contributed by atoms with Crippen LogP contribution in [0.15, 0.2) is 60.0 Å². The summed E-state index contributed by atoms with van der Waals surface area (Å²) in [6.45, 7) is 0.554. The molecule has 1 aromatic heterocycles. The van der Waals surface area contributed by atoms with E-state index in [0.29, 0.717) is 22.9 Å². The van der Waals surface area contributed by atoms with Crippen LogP contribution in [0.2, 0.25) is 0 Å². The van der Waals surface area contributed by atoms with Crippen molar-refractivity contribution in [3.8, 4) is 16.9 Å². The molecule has 0 atom stereocenters. The number of amides is 1. The van der Waals surface area contributed by atoms with Crippen LogP contribution in [0.1, 0.15) is 15.2 Å². The standard InChI is InChI=1S/C11H8O2S.C9H10N2O2/c12-11(13)10-6-9(7-14-10)8-4-2-1-3-5-8;10-4-6-1-2-8-7(3-6)11-9(12)5-13-8/h1-7H,(H,12,13);1-3H,4-5,10H2,(H,11,12). The van der Waals surface area contributed by atoms with Gasteiger partial charge >= 0.3 is 5.97 Å². The van der Waals surface area contributed by atoms with E-state index < -0.39 is 5.97 Å². The molecule has 0 saturated carbocycles. The van der Waals surface area contributed by atoms with Crippen molar-refractivity contribution < 1.29 is 19.4 Å². The molecule has 1 aliphatic rings. The highest BCUT2D eigenvalue weighted by Crippen LogP contribution is 2.28. The number of anilines is 1. The van der Waals surface area contributed by atoms with E-state index in [1.165, 1.54) is 11.3 Å². The van der Waals surface area contributed by atoms with Crippen molar-refractivity contribution in [3.05, 3.63) is 70.4 Å². The highest BCUT2D eigenvalue weighted by atomic mass is 32.1. The predicted octanol–water partition coefficient (Wildman–Crippen LogP) is 3.59. The van der Waals surface area contributed by atoms with Crippen molar-refractivity contribution in [2.45, 2.75) is 6.54 Å². The van der Waals surface area contributed by atoms with Crippen LogP contribution in [0.4, 0.5) is 5.69 Å². The van der Waals surface area contributed by atoms with Crippen molar-refractivity contribution in [3.63, 3.8) is 0 Å². The number of carboxylic acids is 1. The second kappa shape index (κ2) is 8.48. The van der Waals surface area contributed by atoms with Crippen LogP contribution >= 0.6 is 11.3 Å². The molecule has 0 saturated heterocycles. The number of nitrogens with two attached hydrogens (primary N) is 1. The Morgan fingerprint density at radius 3 is 2.59 bits per heavy atom. The molecule has 7 heteroatoms. The van der Waals surface area contributed by atoms with E-state index in [0.717, 1.165) is 16.7 Å². The monoisotopic (exact) mass is 382 g/mol. The van der Waals surface area contributed by atoms with Crippen LogP contribution in [0.5, 0.6) is 5.75 Å². The molecule has 1 aliphatic heterocycles. The molecule has 0 spiro atoms. The zero-order chi connectivity index (χ0) is 19.2. The molecule has 4 rings (SSSR count). The Labute approximate surface area is 160 Å².